The summed E-state index contributed by atoms with van der Waals surface area (Å²) in [5.41, 5.74) is 0.0907. The van der Waals surface area contributed by atoms with E-state index in [-0.39, 0.29) is 23.9 Å². The van der Waals surface area contributed by atoms with E-state index in [0.29, 0.717) is 11.8 Å². The minimum atomic E-state index is -4.76. The molecule has 8 heteroatoms. The fourth-order valence-corrected chi connectivity index (χ4v) is 2.61. The van der Waals surface area contributed by atoms with Crippen LogP contribution < -0.4 is 9.64 Å². The van der Waals surface area contributed by atoms with Crippen molar-refractivity contribution in [2.75, 3.05) is 4.90 Å². The van der Waals surface area contributed by atoms with Gasteiger partial charge in [0, 0.05) is 6.20 Å². The highest BCUT2D eigenvalue weighted by Gasteiger charge is 2.35. The maximum absolute atomic E-state index is 13.8. The van der Waals surface area contributed by atoms with Crippen molar-refractivity contribution in [1.29, 1.82) is 0 Å². The molecule has 0 aliphatic carbocycles. The van der Waals surface area contributed by atoms with Crippen LogP contribution in [0.2, 0.25) is 0 Å². The Morgan fingerprint density at radius 3 is 2.64 bits per heavy atom. The molecule has 3 rings (SSSR count). The maximum Gasteiger partial charge on any atom is 0.419 e. The van der Waals surface area contributed by atoms with Crippen molar-refractivity contribution < 1.29 is 27.1 Å². The molecule has 0 spiro atoms. The molecule has 0 radical (unpaired) electrons. The van der Waals surface area contributed by atoms with Gasteiger partial charge in [-0.05, 0) is 43.2 Å². The van der Waals surface area contributed by atoms with Gasteiger partial charge < -0.3 is 4.74 Å². The van der Waals surface area contributed by atoms with Crippen LogP contribution in [0.15, 0.2) is 30.5 Å². The normalized spacial score (nSPS) is 17.3. The van der Waals surface area contributed by atoms with E-state index in [1.165, 1.54) is 4.90 Å². The summed E-state index contributed by atoms with van der Waals surface area (Å²) in [6.07, 6.45) is -3.97. The number of hydrogen-bond acceptors (Lipinski definition) is 3. The zero-order chi connectivity index (χ0) is 18.4. The van der Waals surface area contributed by atoms with Crippen LogP contribution in [0.3, 0.4) is 0 Å². The SMILES string of the molecule is Cc1cnc2c(c1)N(Cc1ccc(C(F)(F)F)c(F)c1)C(=O)C(C)O2. The molecular weight excluding hydrogens is 340 g/mol. The van der Waals surface area contributed by atoms with Gasteiger partial charge in [0.25, 0.3) is 5.91 Å². The number of anilines is 1. The van der Waals surface area contributed by atoms with Crippen LogP contribution in [0.5, 0.6) is 5.88 Å². The molecule has 0 saturated carbocycles. The first-order valence-corrected chi connectivity index (χ1v) is 7.47. The lowest BCUT2D eigenvalue weighted by atomic mass is 10.1. The van der Waals surface area contributed by atoms with Crippen LogP contribution >= 0.6 is 0 Å². The van der Waals surface area contributed by atoms with Crippen molar-refractivity contribution in [2.45, 2.75) is 32.7 Å². The van der Waals surface area contributed by atoms with Gasteiger partial charge in [-0.1, -0.05) is 6.07 Å². The molecule has 132 valence electrons. The van der Waals surface area contributed by atoms with E-state index in [4.69, 9.17) is 4.74 Å². The lowest BCUT2D eigenvalue weighted by molar-refractivity contribution is -0.140. The van der Waals surface area contributed by atoms with Crippen LogP contribution in [-0.4, -0.2) is 17.0 Å². The second-order valence-corrected chi connectivity index (χ2v) is 5.83. The number of rotatable bonds is 2. The van der Waals surface area contributed by atoms with E-state index in [9.17, 15) is 22.4 Å². The van der Waals surface area contributed by atoms with Gasteiger partial charge in [0.1, 0.15) is 11.5 Å². The third-order valence-electron chi connectivity index (χ3n) is 3.84. The molecule has 4 nitrogen and oxygen atoms in total. The Balaban J connectivity index is 1.96. The van der Waals surface area contributed by atoms with Crippen LogP contribution in [-0.2, 0) is 17.5 Å². The van der Waals surface area contributed by atoms with Crippen molar-refractivity contribution in [2.24, 2.45) is 0 Å². The first-order valence-electron chi connectivity index (χ1n) is 7.47. The number of fused-ring (bicyclic) bond motifs is 1. The van der Waals surface area contributed by atoms with Gasteiger partial charge in [0.15, 0.2) is 6.10 Å². The number of benzene rings is 1. The molecule has 2 aromatic rings. The largest absolute Gasteiger partial charge is 0.463 e. The van der Waals surface area contributed by atoms with E-state index in [1.807, 2.05) is 0 Å². The summed E-state index contributed by atoms with van der Waals surface area (Å²) in [6, 6.07) is 4.31. The van der Waals surface area contributed by atoms with Crippen molar-refractivity contribution in [3.8, 4) is 5.88 Å². The molecule has 0 N–H and O–H groups in total. The lowest BCUT2D eigenvalue weighted by Crippen LogP contribution is -2.44. The van der Waals surface area contributed by atoms with Crippen molar-refractivity contribution in [3.63, 3.8) is 0 Å². The predicted octanol–water partition coefficient (Wildman–Crippen LogP) is 3.86. The Labute approximate surface area is 141 Å². The summed E-state index contributed by atoms with van der Waals surface area (Å²) in [6.45, 7) is 3.25. The van der Waals surface area contributed by atoms with Gasteiger partial charge in [-0.3, -0.25) is 9.69 Å². The lowest BCUT2D eigenvalue weighted by Gasteiger charge is -2.32. The smallest absolute Gasteiger partial charge is 0.419 e. The number of halogens is 4. The van der Waals surface area contributed by atoms with Gasteiger partial charge in [-0.2, -0.15) is 13.2 Å². The Morgan fingerprint density at radius 1 is 1.28 bits per heavy atom. The number of carbonyl (C=O) groups is 1. The molecule has 1 aliphatic heterocycles. The number of alkyl halides is 3. The summed E-state index contributed by atoms with van der Waals surface area (Å²) in [4.78, 5) is 17.9. The zero-order valence-corrected chi connectivity index (χ0v) is 13.4. The number of pyridine rings is 1. The van der Waals surface area contributed by atoms with Crippen LogP contribution in [0.25, 0.3) is 0 Å². The van der Waals surface area contributed by atoms with Crippen molar-refractivity contribution in [1.82, 2.24) is 4.98 Å². The first kappa shape index (κ1) is 17.2. The Kier molecular flexibility index (Phi) is 4.14. The van der Waals surface area contributed by atoms with E-state index in [0.717, 1.165) is 17.7 Å². The quantitative estimate of drug-likeness (QED) is 0.769. The minimum Gasteiger partial charge on any atom is -0.463 e. The van der Waals surface area contributed by atoms with E-state index in [1.54, 1.807) is 26.1 Å². The minimum absolute atomic E-state index is 0.0836. The standard InChI is InChI=1S/C17H14F4N2O2/c1-9-5-14-15(22-7-9)25-10(2)16(24)23(14)8-11-3-4-12(13(18)6-11)17(19,20)21/h3-7,10H,8H2,1-2H3. The number of aryl methyl sites for hydroxylation is 1. The number of ether oxygens (including phenoxy) is 1. The Bertz CT molecular complexity index is 836. The molecule has 0 bridgehead atoms. The average Bonchev–Trinajstić information content (AvgIpc) is 2.51. The van der Waals surface area contributed by atoms with Crippen LogP contribution in [0, 0.1) is 12.7 Å². The molecule has 1 aromatic carbocycles. The second kappa shape index (κ2) is 6.02. The maximum atomic E-state index is 13.8. The van der Waals surface area contributed by atoms with Crippen LogP contribution in [0.1, 0.15) is 23.6 Å². The highest BCUT2D eigenvalue weighted by atomic mass is 19.4. The van der Waals surface area contributed by atoms with Crippen molar-refractivity contribution >= 4 is 11.6 Å². The number of amides is 1. The average molecular weight is 354 g/mol. The summed E-state index contributed by atoms with van der Waals surface area (Å²) in [7, 11) is 0. The van der Waals surface area contributed by atoms with Crippen molar-refractivity contribution in [3.05, 3.63) is 53.0 Å². The first-order chi connectivity index (χ1) is 11.7. The Hall–Kier alpha value is -2.64. The monoisotopic (exact) mass is 354 g/mol. The molecule has 1 atom stereocenters. The topological polar surface area (TPSA) is 42.4 Å². The van der Waals surface area contributed by atoms with E-state index >= 15 is 0 Å². The summed E-state index contributed by atoms with van der Waals surface area (Å²) < 4.78 is 57.2. The van der Waals surface area contributed by atoms with Gasteiger partial charge >= 0.3 is 6.18 Å². The number of carbonyl (C=O) groups excluding carboxylic acids is 1. The third-order valence-corrected chi connectivity index (χ3v) is 3.84. The van der Waals surface area contributed by atoms with E-state index < -0.39 is 23.7 Å². The van der Waals surface area contributed by atoms with Gasteiger partial charge in [-0.15, -0.1) is 0 Å². The molecule has 1 aromatic heterocycles. The highest BCUT2D eigenvalue weighted by Crippen LogP contribution is 2.35. The molecule has 0 fully saturated rings. The zero-order valence-electron chi connectivity index (χ0n) is 13.4. The molecule has 1 unspecified atom stereocenters. The van der Waals surface area contributed by atoms with Crippen LogP contribution in [0.4, 0.5) is 23.2 Å². The van der Waals surface area contributed by atoms with Gasteiger partial charge in [0.05, 0.1) is 12.1 Å². The molecular formula is C17H14F4N2O2. The molecule has 1 amide bonds. The van der Waals surface area contributed by atoms with E-state index in [2.05, 4.69) is 4.98 Å². The molecule has 1 aliphatic rings. The summed E-state index contributed by atoms with van der Waals surface area (Å²) >= 11 is 0. The summed E-state index contributed by atoms with van der Waals surface area (Å²) in [5, 5.41) is 0. The molecule has 0 saturated heterocycles. The fourth-order valence-electron chi connectivity index (χ4n) is 2.61. The third kappa shape index (κ3) is 3.29. The molecule has 2 heterocycles. The number of aromatic nitrogens is 1. The predicted molar refractivity (Wildman–Crippen MR) is 81.7 cm³/mol. The fraction of sp³-hybridized carbons (Fsp3) is 0.294. The van der Waals surface area contributed by atoms with Gasteiger partial charge in [-0.25, -0.2) is 9.37 Å². The van der Waals surface area contributed by atoms with Gasteiger partial charge in [0.2, 0.25) is 5.88 Å². The Morgan fingerprint density at radius 2 is 2.00 bits per heavy atom. The highest BCUT2D eigenvalue weighted by molar-refractivity contribution is 5.99. The number of nitrogens with zero attached hydrogens (tertiary/aromatic N) is 2. The number of hydrogen-bond donors (Lipinski definition) is 0. The molecule has 25 heavy (non-hydrogen) atoms. The second-order valence-electron chi connectivity index (χ2n) is 5.83. The summed E-state index contributed by atoms with van der Waals surface area (Å²) in [5.74, 6) is -1.49.